The van der Waals surface area contributed by atoms with Crippen LogP contribution in [-0.2, 0) is 4.74 Å². The predicted molar refractivity (Wildman–Crippen MR) is 73.6 cm³/mol. The highest BCUT2D eigenvalue weighted by Gasteiger charge is 2.57. The third-order valence-electron chi connectivity index (χ3n) is 5.30. The van der Waals surface area contributed by atoms with Gasteiger partial charge in [-0.3, -0.25) is 0 Å². The first-order valence-electron chi connectivity index (χ1n) is 7.52. The van der Waals surface area contributed by atoms with E-state index in [9.17, 15) is 5.11 Å². The van der Waals surface area contributed by atoms with Gasteiger partial charge in [0.1, 0.15) is 0 Å². The first-order chi connectivity index (χ1) is 8.44. The Bertz CT molecular complexity index is 286. The summed E-state index contributed by atoms with van der Waals surface area (Å²) in [5, 5.41) is 14.0. The average Bonchev–Trinajstić information content (AvgIpc) is 2.38. The Kier molecular flexibility index (Phi) is 4.05. The summed E-state index contributed by atoms with van der Waals surface area (Å²) in [7, 11) is 0. The molecule has 0 aromatic carbocycles. The molecule has 1 heterocycles. The Morgan fingerprint density at radius 2 is 2.00 bits per heavy atom. The lowest BCUT2D eigenvalue weighted by atomic mass is 9.55. The summed E-state index contributed by atoms with van der Waals surface area (Å²) in [4.78, 5) is 0. The highest BCUT2D eigenvalue weighted by molar-refractivity contribution is 5.10. The zero-order valence-electron chi connectivity index (χ0n) is 12.3. The van der Waals surface area contributed by atoms with Crippen molar-refractivity contribution in [3.05, 3.63) is 0 Å². The Hall–Kier alpha value is -0.120. The van der Waals surface area contributed by atoms with E-state index in [0.717, 1.165) is 19.4 Å². The van der Waals surface area contributed by atoms with Crippen molar-refractivity contribution in [2.24, 2.45) is 11.3 Å². The first-order valence-corrected chi connectivity index (χ1v) is 7.52. The summed E-state index contributed by atoms with van der Waals surface area (Å²) in [5.74, 6) is 0.645. The molecule has 2 aliphatic rings. The molecule has 1 aliphatic heterocycles. The fourth-order valence-corrected chi connectivity index (χ4v) is 3.74. The van der Waals surface area contributed by atoms with E-state index in [4.69, 9.17) is 4.74 Å². The molecule has 18 heavy (non-hydrogen) atoms. The second-order valence-electron chi connectivity index (χ2n) is 6.71. The Morgan fingerprint density at radius 3 is 2.61 bits per heavy atom. The van der Waals surface area contributed by atoms with Gasteiger partial charge in [0.05, 0.1) is 11.7 Å². The summed E-state index contributed by atoms with van der Waals surface area (Å²) in [6.45, 7) is 10.3. The van der Waals surface area contributed by atoms with E-state index >= 15 is 0 Å². The van der Waals surface area contributed by atoms with Crippen LogP contribution in [0.3, 0.4) is 0 Å². The van der Waals surface area contributed by atoms with Gasteiger partial charge in [0.15, 0.2) is 0 Å². The molecule has 3 atom stereocenters. The van der Waals surface area contributed by atoms with E-state index in [2.05, 4.69) is 33.0 Å². The van der Waals surface area contributed by atoms with E-state index in [-0.39, 0.29) is 5.41 Å². The lowest BCUT2D eigenvalue weighted by Gasteiger charge is -2.60. The highest BCUT2D eigenvalue weighted by atomic mass is 16.5. The first kappa shape index (κ1) is 14.3. The van der Waals surface area contributed by atoms with Crippen LogP contribution in [0.2, 0.25) is 0 Å². The van der Waals surface area contributed by atoms with Gasteiger partial charge in [0.2, 0.25) is 0 Å². The van der Waals surface area contributed by atoms with Crippen LogP contribution in [0.5, 0.6) is 0 Å². The van der Waals surface area contributed by atoms with Gasteiger partial charge < -0.3 is 15.2 Å². The number of nitrogens with one attached hydrogen (secondary N) is 1. The zero-order chi connectivity index (χ0) is 13.4. The number of ether oxygens (including phenoxy) is 1. The van der Waals surface area contributed by atoms with Crippen molar-refractivity contribution in [3.63, 3.8) is 0 Å². The van der Waals surface area contributed by atoms with Crippen molar-refractivity contribution in [1.82, 2.24) is 5.32 Å². The summed E-state index contributed by atoms with van der Waals surface area (Å²) < 4.78 is 5.90. The molecule has 0 aromatic rings. The van der Waals surface area contributed by atoms with Gasteiger partial charge in [-0.2, -0.15) is 0 Å². The molecule has 1 aliphatic carbocycles. The third-order valence-corrected chi connectivity index (χ3v) is 5.30. The zero-order valence-corrected chi connectivity index (χ0v) is 12.3. The number of rotatable bonds is 5. The number of hydrogen-bond acceptors (Lipinski definition) is 3. The summed E-state index contributed by atoms with van der Waals surface area (Å²) in [6.07, 6.45) is 4.49. The molecule has 3 nitrogen and oxygen atoms in total. The van der Waals surface area contributed by atoms with Crippen molar-refractivity contribution in [2.45, 2.75) is 71.1 Å². The van der Waals surface area contributed by atoms with Crippen LogP contribution < -0.4 is 5.32 Å². The average molecular weight is 255 g/mol. The van der Waals surface area contributed by atoms with Crippen LogP contribution in [0.1, 0.15) is 53.4 Å². The van der Waals surface area contributed by atoms with Crippen LogP contribution in [0, 0.1) is 11.3 Å². The molecule has 0 spiro atoms. The number of hydrogen-bond donors (Lipinski definition) is 2. The summed E-state index contributed by atoms with van der Waals surface area (Å²) in [5.41, 5.74) is -0.343. The normalized spacial score (nSPS) is 34.8. The SMILES string of the molecule is CCC(O)(CC)CNC1C2CCCOC2C1(C)C. The maximum absolute atomic E-state index is 10.4. The van der Waals surface area contributed by atoms with Gasteiger partial charge in [0.25, 0.3) is 0 Å². The molecule has 2 N–H and O–H groups in total. The fourth-order valence-electron chi connectivity index (χ4n) is 3.74. The van der Waals surface area contributed by atoms with E-state index < -0.39 is 5.60 Å². The largest absolute Gasteiger partial charge is 0.389 e. The molecular formula is C15H29NO2. The number of fused-ring (bicyclic) bond motifs is 1. The molecular weight excluding hydrogens is 226 g/mol. The minimum atomic E-state index is -0.545. The molecule has 0 bridgehead atoms. The lowest BCUT2D eigenvalue weighted by molar-refractivity contribution is -0.194. The molecule has 1 saturated carbocycles. The molecule has 0 aromatic heterocycles. The standard InChI is InChI=1S/C15H29NO2/c1-5-15(17,6-2)10-16-12-11-8-7-9-18-13(11)14(12,3)4/h11-13,16-17H,5-10H2,1-4H3. The van der Waals surface area contributed by atoms with Crippen molar-refractivity contribution in [3.8, 4) is 0 Å². The van der Waals surface area contributed by atoms with Gasteiger partial charge >= 0.3 is 0 Å². The van der Waals surface area contributed by atoms with E-state index in [1.165, 1.54) is 12.8 Å². The topological polar surface area (TPSA) is 41.5 Å². The van der Waals surface area contributed by atoms with Gasteiger partial charge in [0, 0.05) is 30.5 Å². The van der Waals surface area contributed by atoms with Gasteiger partial charge in [-0.05, 0) is 25.7 Å². The quantitative estimate of drug-likeness (QED) is 0.792. The highest BCUT2D eigenvalue weighted by Crippen LogP contribution is 2.51. The minimum Gasteiger partial charge on any atom is -0.389 e. The van der Waals surface area contributed by atoms with Crippen molar-refractivity contribution < 1.29 is 9.84 Å². The van der Waals surface area contributed by atoms with E-state index in [0.29, 0.717) is 24.6 Å². The summed E-state index contributed by atoms with van der Waals surface area (Å²) in [6, 6.07) is 0.493. The Morgan fingerprint density at radius 1 is 1.33 bits per heavy atom. The molecule has 2 fully saturated rings. The van der Waals surface area contributed by atoms with Gasteiger partial charge in [-0.15, -0.1) is 0 Å². The molecule has 2 rings (SSSR count). The van der Waals surface area contributed by atoms with Crippen LogP contribution in [0.15, 0.2) is 0 Å². The second-order valence-corrected chi connectivity index (χ2v) is 6.71. The second kappa shape index (κ2) is 5.10. The molecule has 0 amide bonds. The van der Waals surface area contributed by atoms with Crippen molar-refractivity contribution >= 4 is 0 Å². The Balaban J connectivity index is 1.93. The van der Waals surface area contributed by atoms with Crippen LogP contribution in [0.4, 0.5) is 0 Å². The third kappa shape index (κ3) is 2.33. The molecule has 3 unspecified atom stereocenters. The molecule has 1 saturated heterocycles. The van der Waals surface area contributed by atoms with E-state index in [1.807, 2.05) is 0 Å². The maximum Gasteiger partial charge on any atom is 0.0766 e. The van der Waals surface area contributed by atoms with Crippen molar-refractivity contribution in [2.75, 3.05) is 13.2 Å². The van der Waals surface area contributed by atoms with Crippen LogP contribution in [-0.4, -0.2) is 36.0 Å². The monoisotopic (exact) mass is 255 g/mol. The Labute approximate surface area is 111 Å². The van der Waals surface area contributed by atoms with Crippen LogP contribution in [0.25, 0.3) is 0 Å². The van der Waals surface area contributed by atoms with E-state index in [1.54, 1.807) is 0 Å². The number of aliphatic hydroxyl groups is 1. The predicted octanol–water partition coefficient (Wildman–Crippen LogP) is 2.33. The fraction of sp³-hybridized carbons (Fsp3) is 1.00. The smallest absolute Gasteiger partial charge is 0.0766 e. The molecule has 106 valence electrons. The van der Waals surface area contributed by atoms with Gasteiger partial charge in [-0.1, -0.05) is 27.7 Å². The lowest BCUT2D eigenvalue weighted by Crippen LogP contribution is -2.70. The van der Waals surface area contributed by atoms with Crippen molar-refractivity contribution in [1.29, 1.82) is 0 Å². The maximum atomic E-state index is 10.4. The molecule has 0 radical (unpaired) electrons. The van der Waals surface area contributed by atoms with Crippen LogP contribution >= 0.6 is 0 Å². The molecule has 3 heteroatoms. The minimum absolute atomic E-state index is 0.202. The summed E-state index contributed by atoms with van der Waals surface area (Å²) >= 11 is 0. The van der Waals surface area contributed by atoms with Gasteiger partial charge in [-0.25, -0.2) is 0 Å².